The average Bonchev–Trinajstić information content (AvgIpc) is 2.83. The predicted octanol–water partition coefficient (Wildman–Crippen LogP) is 3.03. The summed E-state index contributed by atoms with van der Waals surface area (Å²) in [6.45, 7) is 8.67. The molecule has 1 saturated heterocycles. The lowest BCUT2D eigenvalue weighted by Gasteiger charge is -2.37. The third kappa shape index (κ3) is 3.96. The molecule has 1 aliphatic carbocycles. The summed E-state index contributed by atoms with van der Waals surface area (Å²) in [4.78, 5) is 2.67. The van der Waals surface area contributed by atoms with Crippen molar-refractivity contribution < 1.29 is 0 Å². The summed E-state index contributed by atoms with van der Waals surface area (Å²) in [5.41, 5.74) is 0. The van der Waals surface area contributed by atoms with Gasteiger partial charge in [0, 0.05) is 18.6 Å². The Morgan fingerprint density at radius 1 is 1.18 bits per heavy atom. The summed E-state index contributed by atoms with van der Waals surface area (Å²) >= 11 is 0. The van der Waals surface area contributed by atoms with Crippen LogP contribution in [-0.4, -0.2) is 36.6 Å². The van der Waals surface area contributed by atoms with E-state index in [-0.39, 0.29) is 0 Å². The van der Waals surface area contributed by atoms with E-state index in [0.29, 0.717) is 0 Å². The molecule has 2 aliphatic rings. The Labute approximate surface area is 107 Å². The molecular formula is C15H30N2. The van der Waals surface area contributed by atoms with Crippen LogP contribution in [0.2, 0.25) is 0 Å². The Hall–Kier alpha value is -0.0800. The van der Waals surface area contributed by atoms with E-state index >= 15 is 0 Å². The fraction of sp³-hybridized carbons (Fsp3) is 1.00. The van der Waals surface area contributed by atoms with Gasteiger partial charge in [-0.15, -0.1) is 0 Å². The number of hydrogen-bond acceptors (Lipinski definition) is 2. The first-order valence-electron chi connectivity index (χ1n) is 7.78. The molecule has 2 heteroatoms. The maximum absolute atomic E-state index is 3.88. The van der Waals surface area contributed by atoms with Crippen molar-refractivity contribution in [1.29, 1.82) is 0 Å². The molecule has 2 nitrogen and oxygen atoms in total. The SMILES string of the molecule is CCCN1CCCC(C(C)NC2CCCC2)C1. The number of nitrogens with zero attached hydrogens (tertiary/aromatic N) is 1. The normalized spacial score (nSPS) is 29.6. The van der Waals surface area contributed by atoms with Crippen LogP contribution in [0.5, 0.6) is 0 Å². The molecule has 100 valence electrons. The van der Waals surface area contributed by atoms with Crippen molar-refractivity contribution in [3.05, 3.63) is 0 Å². The van der Waals surface area contributed by atoms with E-state index in [9.17, 15) is 0 Å². The first kappa shape index (κ1) is 13.4. The van der Waals surface area contributed by atoms with Crippen LogP contribution in [0.4, 0.5) is 0 Å². The number of hydrogen-bond donors (Lipinski definition) is 1. The van der Waals surface area contributed by atoms with Crippen LogP contribution in [0.25, 0.3) is 0 Å². The molecular weight excluding hydrogens is 208 g/mol. The molecule has 1 heterocycles. The van der Waals surface area contributed by atoms with Gasteiger partial charge < -0.3 is 10.2 Å². The molecule has 0 amide bonds. The van der Waals surface area contributed by atoms with Gasteiger partial charge in [0.05, 0.1) is 0 Å². The molecule has 0 aromatic carbocycles. The van der Waals surface area contributed by atoms with Crippen LogP contribution in [0.1, 0.15) is 58.8 Å². The van der Waals surface area contributed by atoms with Gasteiger partial charge in [-0.1, -0.05) is 19.8 Å². The van der Waals surface area contributed by atoms with E-state index in [2.05, 4.69) is 24.1 Å². The summed E-state index contributed by atoms with van der Waals surface area (Å²) in [5, 5.41) is 3.88. The maximum atomic E-state index is 3.88. The van der Waals surface area contributed by atoms with Gasteiger partial charge in [0.1, 0.15) is 0 Å². The third-order valence-electron chi connectivity index (χ3n) is 4.64. The second-order valence-electron chi connectivity index (χ2n) is 6.14. The molecule has 1 saturated carbocycles. The minimum atomic E-state index is 0.720. The molecule has 0 spiro atoms. The Bertz CT molecular complexity index is 209. The van der Waals surface area contributed by atoms with Gasteiger partial charge in [-0.2, -0.15) is 0 Å². The molecule has 2 atom stereocenters. The fourth-order valence-electron chi connectivity index (χ4n) is 3.62. The molecule has 0 bridgehead atoms. The molecule has 2 fully saturated rings. The van der Waals surface area contributed by atoms with Crippen molar-refractivity contribution in [3.8, 4) is 0 Å². The highest BCUT2D eigenvalue weighted by Crippen LogP contribution is 2.23. The van der Waals surface area contributed by atoms with Gasteiger partial charge in [0.2, 0.25) is 0 Å². The summed E-state index contributed by atoms with van der Waals surface area (Å²) in [7, 11) is 0. The lowest BCUT2D eigenvalue weighted by atomic mass is 9.91. The van der Waals surface area contributed by atoms with Crippen molar-refractivity contribution >= 4 is 0 Å². The van der Waals surface area contributed by atoms with E-state index in [0.717, 1.165) is 18.0 Å². The highest BCUT2D eigenvalue weighted by Gasteiger charge is 2.26. The first-order valence-corrected chi connectivity index (χ1v) is 7.78. The van der Waals surface area contributed by atoms with Gasteiger partial charge in [-0.3, -0.25) is 0 Å². The molecule has 17 heavy (non-hydrogen) atoms. The number of piperidine rings is 1. The van der Waals surface area contributed by atoms with Crippen molar-refractivity contribution in [2.75, 3.05) is 19.6 Å². The number of likely N-dealkylation sites (tertiary alicyclic amines) is 1. The van der Waals surface area contributed by atoms with E-state index in [1.165, 1.54) is 64.6 Å². The largest absolute Gasteiger partial charge is 0.311 e. The zero-order valence-electron chi connectivity index (χ0n) is 11.8. The molecule has 2 rings (SSSR count). The van der Waals surface area contributed by atoms with Gasteiger partial charge >= 0.3 is 0 Å². The minimum absolute atomic E-state index is 0.720. The Morgan fingerprint density at radius 3 is 2.65 bits per heavy atom. The minimum Gasteiger partial charge on any atom is -0.311 e. The quantitative estimate of drug-likeness (QED) is 0.792. The molecule has 1 aliphatic heterocycles. The lowest BCUT2D eigenvalue weighted by molar-refractivity contribution is 0.147. The molecule has 0 aromatic rings. The zero-order valence-corrected chi connectivity index (χ0v) is 11.8. The average molecular weight is 238 g/mol. The molecule has 2 unspecified atom stereocenters. The molecule has 1 N–H and O–H groups in total. The van der Waals surface area contributed by atoms with Crippen LogP contribution in [-0.2, 0) is 0 Å². The number of nitrogens with one attached hydrogen (secondary N) is 1. The van der Waals surface area contributed by atoms with E-state index < -0.39 is 0 Å². The van der Waals surface area contributed by atoms with E-state index in [1.54, 1.807) is 0 Å². The van der Waals surface area contributed by atoms with Crippen LogP contribution in [0, 0.1) is 5.92 Å². The second kappa shape index (κ2) is 6.75. The van der Waals surface area contributed by atoms with Crippen LogP contribution in [0.3, 0.4) is 0 Å². The predicted molar refractivity (Wildman–Crippen MR) is 74.3 cm³/mol. The summed E-state index contributed by atoms with van der Waals surface area (Å²) in [6.07, 6.45) is 9.85. The number of rotatable bonds is 5. The summed E-state index contributed by atoms with van der Waals surface area (Å²) in [5.74, 6) is 0.885. The Balaban J connectivity index is 1.75. The fourth-order valence-corrected chi connectivity index (χ4v) is 3.62. The summed E-state index contributed by atoms with van der Waals surface area (Å²) in [6, 6.07) is 1.55. The highest BCUT2D eigenvalue weighted by atomic mass is 15.1. The van der Waals surface area contributed by atoms with Crippen LogP contribution >= 0.6 is 0 Å². The van der Waals surface area contributed by atoms with E-state index in [1.807, 2.05) is 0 Å². The van der Waals surface area contributed by atoms with Crippen LogP contribution < -0.4 is 5.32 Å². The van der Waals surface area contributed by atoms with Gasteiger partial charge in [0.15, 0.2) is 0 Å². The van der Waals surface area contributed by atoms with Gasteiger partial charge in [-0.25, -0.2) is 0 Å². The maximum Gasteiger partial charge on any atom is 0.00818 e. The Morgan fingerprint density at radius 2 is 1.94 bits per heavy atom. The van der Waals surface area contributed by atoms with Crippen LogP contribution in [0.15, 0.2) is 0 Å². The zero-order chi connectivity index (χ0) is 12.1. The van der Waals surface area contributed by atoms with Crippen molar-refractivity contribution in [2.45, 2.75) is 70.9 Å². The topological polar surface area (TPSA) is 15.3 Å². The van der Waals surface area contributed by atoms with Gasteiger partial charge in [0.25, 0.3) is 0 Å². The lowest BCUT2D eigenvalue weighted by Crippen LogP contribution is -2.47. The second-order valence-corrected chi connectivity index (χ2v) is 6.14. The van der Waals surface area contributed by atoms with Crippen molar-refractivity contribution in [3.63, 3.8) is 0 Å². The third-order valence-corrected chi connectivity index (χ3v) is 4.64. The Kier molecular flexibility index (Phi) is 5.30. The standard InChI is InChI=1S/C15H30N2/c1-3-10-17-11-6-7-14(12-17)13(2)16-15-8-4-5-9-15/h13-16H,3-12H2,1-2H3. The highest BCUT2D eigenvalue weighted by molar-refractivity contribution is 4.84. The van der Waals surface area contributed by atoms with Crippen molar-refractivity contribution in [2.24, 2.45) is 5.92 Å². The molecule has 0 radical (unpaired) electrons. The van der Waals surface area contributed by atoms with E-state index in [4.69, 9.17) is 0 Å². The first-order chi connectivity index (χ1) is 8.29. The smallest absolute Gasteiger partial charge is 0.00818 e. The monoisotopic (exact) mass is 238 g/mol. The van der Waals surface area contributed by atoms with Gasteiger partial charge in [-0.05, 0) is 58.0 Å². The summed E-state index contributed by atoms with van der Waals surface area (Å²) < 4.78 is 0. The molecule has 0 aromatic heterocycles. The van der Waals surface area contributed by atoms with Crippen molar-refractivity contribution in [1.82, 2.24) is 10.2 Å².